The van der Waals surface area contributed by atoms with Crippen molar-refractivity contribution in [2.24, 2.45) is 0 Å². The average Bonchev–Trinajstić information content (AvgIpc) is 3.15. The minimum absolute atomic E-state index is 0.196. The van der Waals surface area contributed by atoms with E-state index in [1.165, 1.54) is 16.2 Å². The van der Waals surface area contributed by atoms with Crippen molar-refractivity contribution in [1.82, 2.24) is 15.1 Å². The highest BCUT2D eigenvalue weighted by Gasteiger charge is 2.22. The molecule has 1 aromatic carbocycles. The van der Waals surface area contributed by atoms with Gasteiger partial charge in [-0.25, -0.2) is 4.79 Å². The first-order chi connectivity index (χ1) is 14.0. The van der Waals surface area contributed by atoms with E-state index in [-0.39, 0.29) is 5.88 Å². The Morgan fingerprint density at radius 3 is 2.76 bits per heavy atom. The standard InChI is InChI=1S/C19H17ClN4O3S2/c1-23(2)19(25)27-18-17-12(10-21-22-18)9-16(29-17)24(15-7-8-26-11-28-15)14-5-3-13(20)4-6-14/h3-7,9-10H,8,11H2,1-2H3. The number of amides is 1. The molecule has 0 N–H and O–H groups in total. The molecule has 0 aliphatic carbocycles. The van der Waals surface area contributed by atoms with Gasteiger partial charge in [0.1, 0.15) is 9.70 Å². The van der Waals surface area contributed by atoms with Gasteiger partial charge in [-0.15, -0.1) is 16.4 Å². The van der Waals surface area contributed by atoms with Crippen LogP contribution in [0.4, 0.5) is 15.5 Å². The van der Waals surface area contributed by atoms with Crippen LogP contribution in [0.1, 0.15) is 0 Å². The van der Waals surface area contributed by atoms with Crippen LogP contribution < -0.4 is 9.64 Å². The van der Waals surface area contributed by atoms with Gasteiger partial charge >= 0.3 is 6.09 Å². The lowest BCUT2D eigenvalue weighted by Gasteiger charge is -2.27. The Kier molecular flexibility index (Phi) is 5.91. The van der Waals surface area contributed by atoms with Crippen molar-refractivity contribution in [3.05, 3.63) is 52.7 Å². The van der Waals surface area contributed by atoms with Crippen molar-refractivity contribution in [2.75, 3.05) is 31.5 Å². The quantitative estimate of drug-likeness (QED) is 0.549. The normalized spacial score (nSPS) is 13.8. The van der Waals surface area contributed by atoms with Crippen molar-refractivity contribution in [1.29, 1.82) is 0 Å². The number of thioether (sulfide) groups is 1. The number of hydrogen-bond donors (Lipinski definition) is 0. The van der Waals surface area contributed by atoms with Gasteiger partial charge in [-0.2, -0.15) is 5.10 Å². The number of nitrogens with zero attached hydrogens (tertiary/aromatic N) is 4. The topological polar surface area (TPSA) is 67.8 Å². The molecule has 0 fully saturated rings. The van der Waals surface area contributed by atoms with E-state index in [4.69, 9.17) is 21.1 Å². The Morgan fingerprint density at radius 2 is 2.07 bits per heavy atom. The number of thiophene rings is 1. The Balaban J connectivity index is 1.79. The number of benzene rings is 1. The molecule has 7 nitrogen and oxygen atoms in total. The summed E-state index contributed by atoms with van der Waals surface area (Å²) in [6, 6.07) is 9.65. The zero-order valence-corrected chi connectivity index (χ0v) is 18.1. The summed E-state index contributed by atoms with van der Waals surface area (Å²) in [4.78, 5) is 15.5. The van der Waals surface area contributed by atoms with Gasteiger partial charge in [0.25, 0.3) is 5.88 Å². The molecular weight excluding hydrogens is 432 g/mol. The zero-order valence-electron chi connectivity index (χ0n) is 15.7. The minimum Gasteiger partial charge on any atom is -0.388 e. The highest BCUT2D eigenvalue weighted by molar-refractivity contribution is 8.03. The third kappa shape index (κ3) is 4.32. The van der Waals surface area contributed by atoms with E-state index in [1.807, 2.05) is 36.4 Å². The van der Waals surface area contributed by atoms with Crippen LogP contribution in [0.2, 0.25) is 5.02 Å². The van der Waals surface area contributed by atoms with Gasteiger partial charge in [-0.3, -0.25) is 4.90 Å². The van der Waals surface area contributed by atoms with Crippen LogP contribution in [0, 0.1) is 0 Å². The van der Waals surface area contributed by atoms with E-state index in [9.17, 15) is 4.79 Å². The number of ether oxygens (including phenoxy) is 2. The first-order valence-electron chi connectivity index (χ1n) is 8.63. The Bertz CT molecular complexity index is 1070. The Labute approximate surface area is 180 Å². The molecule has 1 amide bonds. The van der Waals surface area contributed by atoms with Crippen LogP contribution in [0.15, 0.2) is 47.6 Å². The van der Waals surface area contributed by atoms with E-state index in [0.717, 1.165) is 25.8 Å². The summed E-state index contributed by atoms with van der Waals surface area (Å²) in [5.41, 5.74) is 0.967. The summed E-state index contributed by atoms with van der Waals surface area (Å²) in [5, 5.41) is 11.5. The maximum absolute atomic E-state index is 12.0. The summed E-state index contributed by atoms with van der Waals surface area (Å²) >= 11 is 9.17. The smallest absolute Gasteiger partial charge is 0.388 e. The molecule has 3 heterocycles. The van der Waals surface area contributed by atoms with Gasteiger partial charge in [0.05, 0.1) is 23.8 Å². The van der Waals surface area contributed by atoms with Gasteiger partial charge in [0.2, 0.25) is 0 Å². The van der Waals surface area contributed by atoms with Crippen LogP contribution in [0.3, 0.4) is 0 Å². The number of carbonyl (C=O) groups is 1. The molecule has 1 aliphatic heterocycles. The molecule has 29 heavy (non-hydrogen) atoms. The Hall–Kier alpha value is -2.33. The third-order valence-electron chi connectivity index (χ3n) is 4.03. The predicted octanol–water partition coefficient (Wildman–Crippen LogP) is 5.11. The fourth-order valence-corrected chi connectivity index (χ4v) is 4.73. The van der Waals surface area contributed by atoms with E-state index < -0.39 is 6.09 Å². The second kappa shape index (κ2) is 8.58. The average molecular weight is 449 g/mol. The molecule has 0 saturated heterocycles. The van der Waals surface area contributed by atoms with Crippen LogP contribution in [0.25, 0.3) is 10.1 Å². The molecule has 0 bridgehead atoms. The van der Waals surface area contributed by atoms with Gasteiger partial charge in [0, 0.05) is 30.2 Å². The molecule has 0 spiro atoms. The van der Waals surface area contributed by atoms with Crippen molar-refractivity contribution in [3.63, 3.8) is 0 Å². The first kappa shape index (κ1) is 20.0. The summed E-state index contributed by atoms with van der Waals surface area (Å²) in [6.07, 6.45) is 3.20. The lowest BCUT2D eigenvalue weighted by Crippen LogP contribution is -2.25. The van der Waals surface area contributed by atoms with Crippen LogP contribution in [-0.4, -0.2) is 47.8 Å². The predicted molar refractivity (Wildman–Crippen MR) is 117 cm³/mol. The molecule has 0 saturated carbocycles. The number of aromatic nitrogens is 2. The maximum Gasteiger partial charge on any atom is 0.416 e. The Morgan fingerprint density at radius 1 is 1.28 bits per heavy atom. The molecule has 0 radical (unpaired) electrons. The molecule has 0 unspecified atom stereocenters. The van der Waals surface area contributed by atoms with Crippen LogP contribution in [-0.2, 0) is 4.74 Å². The van der Waals surface area contributed by atoms with E-state index in [0.29, 0.717) is 17.6 Å². The second-order valence-corrected chi connectivity index (χ2v) is 8.68. The SMILES string of the molecule is CN(C)C(=O)Oc1nncc2cc(N(C3=CCOCS3)c3ccc(Cl)cc3)sc12. The number of fused-ring (bicyclic) bond motifs is 1. The third-order valence-corrected chi connectivity index (χ3v) is 6.33. The number of anilines is 2. The fourth-order valence-electron chi connectivity index (χ4n) is 2.64. The highest BCUT2D eigenvalue weighted by Crippen LogP contribution is 2.44. The van der Waals surface area contributed by atoms with Gasteiger partial charge in [-0.1, -0.05) is 23.4 Å². The summed E-state index contributed by atoms with van der Waals surface area (Å²) < 4.78 is 11.6. The second-order valence-electron chi connectivity index (χ2n) is 6.27. The monoisotopic (exact) mass is 448 g/mol. The van der Waals surface area contributed by atoms with E-state index in [1.54, 1.807) is 32.1 Å². The largest absolute Gasteiger partial charge is 0.416 e. The maximum atomic E-state index is 12.0. The molecular formula is C19H17ClN4O3S2. The summed E-state index contributed by atoms with van der Waals surface area (Å²) in [5.74, 6) is 0.775. The number of halogens is 1. The van der Waals surface area contributed by atoms with E-state index in [2.05, 4.69) is 15.1 Å². The molecule has 10 heteroatoms. The molecule has 3 aromatic rings. The van der Waals surface area contributed by atoms with Crippen molar-refractivity contribution in [3.8, 4) is 5.88 Å². The number of hydrogen-bond acceptors (Lipinski definition) is 8. The van der Waals surface area contributed by atoms with Crippen molar-refractivity contribution in [2.45, 2.75) is 0 Å². The van der Waals surface area contributed by atoms with Crippen molar-refractivity contribution < 1.29 is 14.3 Å². The summed E-state index contributed by atoms with van der Waals surface area (Å²) in [6.45, 7) is 0.548. The van der Waals surface area contributed by atoms with E-state index >= 15 is 0 Å². The number of carbonyl (C=O) groups excluding carboxylic acids is 1. The first-order valence-corrected chi connectivity index (χ1v) is 10.8. The molecule has 4 rings (SSSR count). The lowest BCUT2D eigenvalue weighted by atomic mass is 10.3. The molecule has 1 aliphatic rings. The van der Waals surface area contributed by atoms with Gasteiger partial charge in [-0.05, 0) is 36.4 Å². The molecule has 2 aromatic heterocycles. The van der Waals surface area contributed by atoms with Gasteiger partial charge < -0.3 is 14.4 Å². The number of rotatable bonds is 4. The fraction of sp³-hybridized carbons (Fsp3) is 0.211. The lowest BCUT2D eigenvalue weighted by molar-refractivity contribution is 0.170. The highest BCUT2D eigenvalue weighted by atomic mass is 35.5. The minimum atomic E-state index is -0.501. The van der Waals surface area contributed by atoms with Gasteiger partial charge in [0.15, 0.2) is 0 Å². The summed E-state index contributed by atoms with van der Waals surface area (Å²) in [7, 11) is 3.24. The zero-order chi connectivity index (χ0) is 20.4. The van der Waals surface area contributed by atoms with Crippen LogP contribution >= 0.6 is 34.7 Å². The molecule has 150 valence electrons. The van der Waals surface area contributed by atoms with Crippen molar-refractivity contribution >= 4 is 61.6 Å². The van der Waals surface area contributed by atoms with Crippen LogP contribution in [0.5, 0.6) is 5.88 Å². The molecule has 0 atom stereocenters.